The van der Waals surface area contributed by atoms with Gasteiger partial charge in [0.1, 0.15) is 11.6 Å². The third-order valence-electron chi connectivity index (χ3n) is 1.93. The maximum absolute atomic E-state index is 11.1. The predicted octanol–water partition coefficient (Wildman–Crippen LogP) is 0.886. The molecule has 1 aromatic carbocycles. The summed E-state index contributed by atoms with van der Waals surface area (Å²) in [5, 5.41) is 28.2. The first kappa shape index (κ1) is 13.4. The van der Waals surface area contributed by atoms with E-state index in [0.29, 0.717) is 6.07 Å². The fourth-order valence-corrected chi connectivity index (χ4v) is 2.33. The van der Waals surface area contributed by atoms with Crippen molar-refractivity contribution in [3.05, 3.63) is 33.4 Å². The molecule has 90 valence electrons. The van der Waals surface area contributed by atoms with E-state index in [1.807, 2.05) is 0 Å². The Kier molecular flexibility index (Phi) is 3.67. The molecule has 0 atom stereocenters. The normalized spacial score (nSPS) is 10.9. The van der Waals surface area contributed by atoms with E-state index in [0.717, 1.165) is 6.07 Å². The van der Waals surface area contributed by atoms with Crippen LogP contribution in [0.1, 0.15) is 11.1 Å². The van der Waals surface area contributed by atoms with Crippen molar-refractivity contribution in [2.24, 2.45) is 0 Å². The van der Waals surface area contributed by atoms with E-state index >= 15 is 0 Å². The van der Waals surface area contributed by atoms with Gasteiger partial charge in [0, 0.05) is 16.7 Å². The molecule has 0 bridgehead atoms. The van der Waals surface area contributed by atoms with Gasteiger partial charge in [-0.1, -0.05) is 0 Å². The molecule has 17 heavy (non-hydrogen) atoms. The van der Waals surface area contributed by atoms with Gasteiger partial charge >= 0.3 is 0 Å². The molecule has 0 fully saturated rings. The Morgan fingerprint density at radius 3 is 2.47 bits per heavy atom. The van der Waals surface area contributed by atoms with Crippen molar-refractivity contribution in [1.29, 1.82) is 5.26 Å². The van der Waals surface area contributed by atoms with Gasteiger partial charge in [-0.05, 0) is 11.6 Å². The number of halogens is 1. The standard InChI is InChI=1S/C8H5ClN2O5S/c9-17(15,16)8-2-7(11(13)14)5(3-10)1-6(8)4-12/h1-2,12H,4H2. The Morgan fingerprint density at radius 2 is 2.12 bits per heavy atom. The average molecular weight is 277 g/mol. The molecule has 0 saturated heterocycles. The fourth-order valence-electron chi connectivity index (χ4n) is 1.21. The summed E-state index contributed by atoms with van der Waals surface area (Å²) in [5.41, 5.74) is -1.19. The van der Waals surface area contributed by atoms with Crippen LogP contribution in [0, 0.1) is 21.4 Å². The summed E-state index contributed by atoms with van der Waals surface area (Å²) >= 11 is 0. The van der Waals surface area contributed by atoms with Crippen molar-refractivity contribution in [3.8, 4) is 6.07 Å². The first-order valence-electron chi connectivity index (χ1n) is 4.08. The summed E-state index contributed by atoms with van der Waals surface area (Å²) in [5.74, 6) is 0. The van der Waals surface area contributed by atoms with E-state index < -0.39 is 31.2 Å². The van der Waals surface area contributed by atoms with Crippen LogP contribution in [0.25, 0.3) is 0 Å². The SMILES string of the molecule is N#Cc1cc(CO)c(S(=O)(=O)Cl)cc1[N+](=O)[O-]. The lowest BCUT2D eigenvalue weighted by atomic mass is 10.1. The Hall–Kier alpha value is -1.69. The minimum absolute atomic E-state index is 0.165. The van der Waals surface area contributed by atoms with Gasteiger partial charge in [-0.2, -0.15) is 5.26 Å². The van der Waals surface area contributed by atoms with Crippen LogP contribution < -0.4 is 0 Å². The maximum atomic E-state index is 11.1. The number of nitro benzene ring substituents is 1. The second-order valence-corrected chi connectivity index (χ2v) is 5.48. The van der Waals surface area contributed by atoms with Crippen LogP contribution in [0.15, 0.2) is 17.0 Å². The summed E-state index contributed by atoms with van der Waals surface area (Å²) in [7, 11) is 0.842. The predicted molar refractivity (Wildman–Crippen MR) is 56.8 cm³/mol. The number of benzene rings is 1. The van der Waals surface area contributed by atoms with Gasteiger partial charge in [-0.25, -0.2) is 8.42 Å². The van der Waals surface area contributed by atoms with Crippen molar-refractivity contribution >= 4 is 25.4 Å². The van der Waals surface area contributed by atoms with E-state index in [-0.39, 0.29) is 11.1 Å². The molecular formula is C8H5ClN2O5S. The first-order valence-corrected chi connectivity index (χ1v) is 6.39. The lowest BCUT2D eigenvalue weighted by Crippen LogP contribution is -2.02. The van der Waals surface area contributed by atoms with Crippen molar-refractivity contribution in [1.82, 2.24) is 0 Å². The molecule has 0 saturated carbocycles. The van der Waals surface area contributed by atoms with Crippen molar-refractivity contribution in [3.63, 3.8) is 0 Å². The molecule has 0 aromatic heterocycles. The summed E-state index contributed by atoms with van der Waals surface area (Å²) in [6, 6.07) is 3.12. The smallest absolute Gasteiger partial charge is 0.288 e. The molecule has 0 heterocycles. The summed E-state index contributed by atoms with van der Waals surface area (Å²) in [6.45, 7) is -0.700. The molecule has 0 amide bonds. The molecular weight excluding hydrogens is 272 g/mol. The van der Waals surface area contributed by atoms with Crippen LogP contribution in [0.2, 0.25) is 0 Å². The number of rotatable bonds is 3. The average Bonchev–Trinajstić information content (AvgIpc) is 2.25. The van der Waals surface area contributed by atoms with Gasteiger partial charge in [-0.15, -0.1) is 0 Å². The highest BCUT2D eigenvalue weighted by Gasteiger charge is 2.23. The first-order chi connectivity index (χ1) is 7.81. The van der Waals surface area contributed by atoms with Crippen LogP contribution >= 0.6 is 10.7 Å². The molecule has 0 radical (unpaired) electrons. The molecule has 1 aromatic rings. The third-order valence-corrected chi connectivity index (χ3v) is 3.33. The van der Waals surface area contributed by atoms with E-state index in [4.69, 9.17) is 21.1 Å². The second-order valence-electron chi connectivity index (χ2n) is 2.94. The highest BCUT2D eigenvalue weighted by atomic mass is 35.7. The zero-order chi connectivity index (χ0) is 13.2. The molecule has 0 aliphatic heterocycles. The topological polar surface area (TPSA) is 121 Å². The molecule has 9 heteroatoms. The van der Waals surface area contributed by atoms with Gasteiger partial charge in [0.2, 0.25) is 0 Å². The van der Waals surface area contributed by atoms with Crippen molar-refractivity contribution in [2.45, 2.75) is 11.5 Å². The Morgan fingerprint density at radius 1 is 1.53 bits per heavy atom. The molecule has 0 spiro atoms. The quantitative estimate of drug-likeness (QED) is 0.497. The highest BCUT2D eigenvalue weighted by Crippen LogP contribution is 2.28. The third kappa shape index (κ3) is 2.71. The number of hydrogen-bond donors (Lipinski definition) is 1. The molecule has 0 aliphatic carbocycles. The Bertz CT molecular complexity index is 620. The van der Waals surface area contributed by atoms with Crippen LogP contribution in [-0.2, 0) is 15.7 Å². The molecule has 1 rings (SSSR count). The Balaban J connectivity index is 3.70. The van der Waals surface area contributed by atoms with Crippen molar-refractivity contribution in [2.75, 3.05) is 0 Å². The van der Waals surface area contributed by atoms with Crippen LogP contribution in [0.4, 0.5) is 5.69 Å². The lowest BCUT2D eigenvalue weighted by Gasteiger charge is -2.04. The molecule has 0 aliphatic rings. The summed E-state index contributed by atoms with van der Waals surface area (Å²) in [4.78, 5) is 9.14. The summed E-state index contributed by atoms with van der Waals surface area (Å²) < 4.78 is 22.3. The van der Waals surface area contributed by atoms with Gasteiger partial charge in [0.05, 0.1) is 16.4 Å². The largest absolute Gasteiger partial charge is 0.392 e. The van der Waals surface area contributed by atoms with Gasteiger partial charge in [0.25, 0.3) is 14.7 Å². The van der Waals surface area contributed by atoms with Gasteiger partial charge in [-0.3, -0.25) is 10.1 Å². The fraction of sp³-hybridized carbons (Fsp3) is 0.125. The van der Waals surface area contributed by atoms with E-state index in [1.165, 1.54) is 6.07 Å². The van der Waals surface area contributed by atoms with Crippen molar-refractivity contribution < 1.29 is 18.4 Å². The number of hydrogen-bond acceptors (Lipinski definition) is 6. The number of aliphatic hydroxyl groups is 1. The summed E-state index contributed by atoms with van der Waals surface area (Å²) in [6.07, 6.45) is 0. The zero-order valence-corrected chi connectivity index (χ0v) is 9.70. The van der Waals surface area contributed by atoms with Gasteiger partial charge in [0.15, 0.2) is 0 Å². The van der Waals surface area contributed by atoms with E-state index in [2.05, 4.69) is 0 Å². The monoisotopic (exact) mass is 276 g/mol. The van der Waals surface area contributed by atoms with Crippen LogP contribution in [-0.4, -0.2) is 18.4 Å². The lowest BCUT2D eigenvalue weighted by molar-refractivity contribution is -0.385. The zero-order valence-electron chi connectivity index (χ0n) is 8.12. The number of nitriles is 1. The van der Waals surface area contributed by atoms with Gasteiger partial charge < -0.3 is 5.11 Å². The van der Waals surface area contributed by atoms with Crippen LogP contribution in [0.3, 0.4) is 0 Å². The highest BCUT2D eigenvalue weighted by molar-refractivity contribution is 8.13. The van der Waals surface area contributed by atoms with Crippen LogP contribution in [0.5, 0.6) is 0 Å². The minimum atomic E-state index is -4.23. The maximum Gasteiger partial charge on any atom is 0.288 e. The van der Waals surface area contributed by atoms with E-state index in [1.54, 1.807) is 0 Å². The second kappa shape index (κ2) is 4.67. The molecule has 1 N–H and O–H groups in total. The van der Waals surface area contributed by atoms with E-state index in [9.17, 15) is 18.5 Å². The number of nitro groups is 1. The molecule has 7 nitrogen and oxygen atoms in total. The number of aliphatic hydroxyl groups excluding tert-OH is 1. The number of nitrogens with zero attached hydrogens (tertiary/aromatic N) is 2. The molecule has 0 unspecified atom stereocenters. The Labute approximate surface area is 100 Å². The minimum Gasteiger partial charge on any atom is -0.392 e.